The van der Waals surface area contributed by atoms with E-state index in [9.17, 15) is 0 Å². The largest absolute Gasteiger partial charge is 0.491 e. The minimum Gasteiger partial charge on any atom is -0.400 e. The van der Waals surface area contributed by atoms with E-state index in [1.807, 2.05) is 46.8 Å². The summed E-state index contributed by atoms with van der Waals surface area (Å²) in [6.07, 6.45) is 1.98. The number of nitrogens with two attached hydrogens (primary N) is 1. The summed E-state index contributed by atoms with van der Waals surface area (Å²) < 4.78 is 12.2. The molecule has 0 radical (unpaired) electrons. The van der Waals surface area contributed by atoms with Crippen LogP contribution >= 0.6 is 24.2 Å². The van der Waals surface area contributed by atoms with Crippen LogP contribution < -0.4 is 5.73 Å². The maximum atomic E-state index is 6.29. The van der Waals surface area contributed by atoms with E-state index in [0.29, 0.717) is 16.5 Å². The van der Waals surface area contributed by atoms with Gasteiger partial charge in [-0.1, -0.05) is 17.7 Å². The summed E-state index contributed by atoms with van der Waals surface area (Å²) in [7, 11) is -0.420. The van der Waals surface area contributed by atoms with Crippen LogP contribution in [0.2, 0.25) is 5.02 Å². The van der Waals surface area contributed by atoms with E-state index in [1.54, 1.807) is 6.07 Å². The van der Waals surface area contributed by atoms with E-state index in [2.05, 4.69) is 12.6 Å². The van der Waals surface area contributed by atoms with Gasteiger partial charge in [0.25, 0.3) is 0 Å². The van der Waals surface area contributed by atoms with Gasteiger partial charge in [0.1, 0.15) is 0 Å². The van der Waals surface area contributed by atoms with Gasteiger partial charge >= 0.3 is 7.12 Å². The second-order valence-electron chi connectivity index (χ2n) is 6.70. The molecule has 22 heavy (non-hydrogen) atoms. The molecule has 0 amide bonds. The highest BCUT2D eigenvalue weighted by molar-refractivity contribution is 7.80. The van der Waals surface area contributed by atoms with Crippen LogP contribution in [0.4, 0.5) is 5.69 Å². The number of hydrogen-bond donors (Lipinski definition) is 2. The molecule has 0 unspecified atom stereocenters. The highest BCUT2D eigenvalue weighted by Gasteiger charge is 2.52. The van der Waals surface area contributed by atoms with Crippen molar-refractivity contribution in [2.45, 2.75) is 45.8 Å². The molecular formula is C16H23BClNO2S. The first-order valence-electron chi connectivity index (χ1n) is 7.30. The molecular weight excluding hydrogens is 317 g/mol. The van der Waals surface area contributed by atoms with Gasteiger partial charge in [-0.3, -0.25) is 0 Å². The molecule has 1 aliphatic heterocycles. The third kappa shape index (κ3) is 3.33. The Morgan fingerprint density at radius 1 is 1.27 bits per heavy atom. The minimum atomic E-state index is -0.420. The van der Waals surface area contributed by atoms with Crippen LogP contribution in [0, 0.1) is 6.92 Å². The van der Waals surface area contributed by atoms with E-state index >= 15 is 0 Å². The summed E-state index contributed by atoms with van der Waals surface area (Å²) in [4.78, 5) is 0. The number of benzene rings is 1. The zero-order valence-electron chi connectivity index (χ0n) is 13.7. The smallest absolute Gasteiger partial charge is 0.400 e. The third-order valence-electron chi connectivity index (χ3n) is 4.46. The molecule has 0 saturated carbocycles. The van der Waals surface area contributed by atoms with Crippen LogP contribution in [0.25, 0.3) is 6.08 Å². The fourth-order valence-electron chi connectivity index (χ4n) is 2.21. The van der Waals surface area contributed by atoms with Gasteiger partial charge in [0, 0.05) is 16.5 Å². The zero-order chi connectivity index (χ0) is 16.7. The summed E-state index contributed by atoms with van der Waals surface area (Å²) in [6.45, 7) is 10.1. The van der Waals surface area contributed by atoms with Gasteiger partial charge in [0.15, 0.2) is 0 Å². The first-order valence-corrected chi connectivity index (χ1v) is 8.31. The van der Waals surface area contributed by atoms with Crippen LogP contribution in [-0.4, -0.2) is 24.1 Å². The van der Waals surface area contributed by atoms with E-state index in [-0.39, 0.29) is 11.2 Å². The van der Waals surface area contributed by atoms with Gasteiger partial charge in [0.05, 0.1) is 11.2 Å². The average Bonchev–Trinajstić information content (AvgIpc) is 2.61. The Bertz CT molecular complexity index is 600. The fourth-order valence-corrected chi connectivity index (χ4v) is 2.68. The molecule has 0 aromatic heterocycles. The van der Waals surface area contributed by atoms with Crippen molar-refractivity contribution in [3.05, 3.63) is 33.8 Å². The van der Waals surface area contributed by atoms with Crippen LogP contribution in [-0.2, 0) is 9.31 Å². The molecule has 120 valence electrons. The van der Waals surface area contributed by atoms with Crippen LogP contribution in [0.3, 0.4) is 0 Å². The Morgan fingerprint density at radius 2 is 1.82 bits per heavy atom. The number of anilines is 1. The summed E-state index contributed by atoms with van der Waals surface area (Å²) in [6, 6.07) is 3.73. The molecule has 2 rings (SSSR count). The lowest BCUT2D eigenvalue weighted by Crippen LogP contribution is -2.41. The monoisotopic (exact) mass is 339 g/mol. The lowest BCUT2D eigenvalue weighted by molar-refractivity contribution is 0.00578. The van der Waals surface area contributed by atoms with Crippen molar-refractivity contribution in [3.8, 4) is 0 Å². The molecule has 1 aliphatic rings. The minimum absolute atomic E-state index is 0.374. The van der Waals surface area contributed by atoms with E-state index in [1.165, 1.54) is 0 Å². The Kier molecular flexibility index (Phi) is 4.93. The molecule has 0 bridgehead atoms. The second-order valence-corrected chi connectivity index (χ2v) is 7.42. The highest BCUT2D eigenvalue weighted by Crippen LogP contribution is 2.39. The normalized spacial score (nSPS) is 20.5. The standard InChI is InChI=1S/C16H23BClNO2S/c1-10-6-11(13(18)8-14(10)19)7-12(9-22)17-20-15(2,3)16(4,5)21-17/h6-8,22H,9,19H2,1-5H3. The number of halogens is 1. The molecule has 0 aliphatic carbocycles. The number of aryl methyl sites for hydroxylation is 1. The fraction of sp³-hybridized carbons (Fsp3) is 0.500. The van der Waals surface area contributed by atoms with Crippen molar-refractivity contribution >= 4 is 43.1 Å². The van der Waals surface area contributed by atoms with Crippen molar-refractivity contribution < 1.29 is 9.31 Å². The first-order chi connectivity index (χ1) is 10.1. The topological polar surface area (TPSA) is 44.5 Å². The molecule has 1 fully saturated rings. The Morgan fingerprint density at radius 3 is 2.32 bits per heavy atom. The Hall–Kier alpha value is -0.615. The van der Waals surface area contributed by atoms with Crippen molar-refractivity contribution in [2.75, 3.05) is 11.5 Å². The Labute approximate surface area is 143 Å². The van der Waals surface area contributed by atoms with Gasteiger partial charge in [-0.25, -0.2) is 0 Å². The lowest BCUT2D eigenvalue weighted by Gasteiger charge is -2.32. The van der Waals surface area contributed by atoms with Gasteiger partial charge in [-0.15, -0.1) is 0 Å². The average molecular weight is 340 g/mol. The molecule has 1 heterocycles. The molecule has 6 heteroatoms. The molecule has 0 atom stereocenters. The predicted molar refractivity (Wildman–Crippen MR) is 98.5 cm³/mol. The van der Waals surface area contributed by atoms with E-state index in [4.69, 9.17) is 26.6 Å². The summed E-state index contributed by atoms with van der Waals surface area (Å²) in [5.74, 6) is 0.524. The molecule has 1 aromatic rings. The number of rotatable bonds is 3. The summed E-state index contributed by atoms with van der Waals surface area (Å²) in [5.41, 5.74) is 8.64. The van der Waals surface area contributed by atoms with Crippen molar-refractivity contribution in [3.63, 3.8) is 0 Å². The number of thiol groups is 1. The second kappa shape index (κ2) is 6.12. The van der Waals surface area contributed by atoms with Gasteiger partial charge in [0.2, 0.25) is 0 Å². The first kappa shape index (κ1) is 17.7. The predicted octanol–water partition coefficient (Wildman–Crippen LogP) is 4.18. The van der Waals surface area contributed by atoms with Crippen LogP contribution in [0.1, 0.15) is 38.8 Å². The van der Waals surface area contributed by atoms with Crippen LogP contribution in [0.5, 0.6) is 0 Å². The van der Waals surface area contributed by atoms with Crippen LogP contribution in [0.15, 0.2) is 17.6 Å². The van der Waals surface area contributed by atoms with Crippen molar-refractivity contribution in [1.29, 1.82) is 0 Å². The Balaban J connectivity index is 2.36. The molecule has 2 N–H and O–H groups in total. The van der Waals surface area contributed by atoms with Crippen molar-refractivity contribution in [2.24, 2.45) is 0 Å². The molecule has 1 aromatic carbocycles. The molecule has 0 spiro atoms. The number of nitrogen functional groups attached to an aromatic ring is 1. The van der Waals surface area contributed by atoms with Crippen molar-refractivity contribution in [1.82, 2.24) is 0 Å². The summed E-state index contributed by atoms with van der Waals surface area (Å²) in [5, 5.41) is 0.610. The zero-order valence-corrected chi connectivity index (χ0v) is 15.4. The quantitative estimate of drug-likeness (QED) is 0.493. The maximum Gasteiger partial charge on any atom is 0.491 e. The van der Waals surface area contributed by atoms with Gasteiger partial charge < -0.3 is 15.0 Å². The van der Waals surface area contributed by atoms with Gasteiger partial charge in [-0.05, 0) is 63.4 Å². The van der Waals surface area contributed by atoms with Gasteiger partial charge in [-0.2, -0.15) is 12.6 Å². The van der Waals surface area contributed by atoms with E-state index < -0.39 is 7.12 Å². The van der Waals surface area contributed by atoms with E-state index in [0.717, 1.165) is 16.6 Å². The molecule has 3 nitrogen and oxygen atoms in total. The lowest BCUT2D eigenvalue weighted by atomic mass is 9.78. The maximum absolute atomic E-state index is 6.29. The number of hydrogen-bond acceptors (Lipinski definition) is 4. The third-order valence-corrected chi connectivity index (χ3v) is 5.16. The molecule has 1 saturated heterocycles. The summed E-state index contributed by atoms with van der Waals surface area (Å²) >= 11 is 10.7. The SMILES string of the molecule is Cc1cc(C=C(CS)B2OC(C)(C)C(C)(C)O2)c(Cl)cc1N. The highest BCUT2D eigenvalue weighted by atomic mass is 35.5.